The highest BCUT2D eigenvalue weighted by Crippen LogP contribution is 2.65. The highest BCUT2D eigenvalue weighted by Gasteiger charge is 2.66. The number of benzene rings is 1. The van der Waals surface area contributed by atoms with Crippen molar-refractivity contribution >= 4 is 23.4 Å². The fourth-order valence-electron chi connectivity index (χ4n) is 5.55. The van der Waals surface area contributed by atoms with Gasteiger partial charge in [-0.2, -0.15) is 0 Å². The van der Waals surface area contributed by atoms with Crippen LogP contribution in [0.2, 0.25) is 0 Å². The first kappa shape index (κ1) is 16.7. The lowest BCUT2D eigenvalue weighted by molar-refractivity contribution is -0.140. The SMILES string of the molecule is Cc1cccc(NC(=O)CCN2C(=O)[C@H]3[C@@H]4C=C[C@@H]([C@H]5C[C@H]45)[C@@H]3C2=O)c1C. The molecule has 5 heteroatoms. The molecule has 0 radical (unpaired) electrons. The molecule has 6 rings (SSSR count). The molecule has 0 unspecified atom stereocenters. The summed E-state index contributed by atoms with van der Waals surface area (Å²) in [6, 6.07) is 5.78. The van der Waals surface area contributed by atoms with E-state index in [0.29, 0.717) is 11.8 Å². The molecule has 5 aliphatic rings. The largest absolute Gasteiger partial charge is 0.326 e. The smallest absolute Gasteiger partial charge is 0.233 e. The van der Waals surface area contributed by atoms with E-state index in [4.69, 9.17) is 0 Å². The van der Waals surface area contributed by atoms with E-state index in [-0.39, 0.29) is 54.4 Å². The van der Waals surface area contributed by atoms with Gasteiger partial charge in [0.05, 0.1) is 11.8 Å². The van der Waals surface area contributed by atoms with Crippen LogP contribution in [0.1, 0.15) is 24.0 Å². The molecule has 1 aliphatic heterocycles. The van der Waals surface area contributed by atoms with Gasteiger partial charge in [-0.15, -0.1) is 0 Å². The maximum atomic E-state index is 12.9. The number of imide groups is 1. The number of hydrogen-bond donors (Lipinski definition) is 1. The number of nitrogens with one attached hydrogen (secondary N) is 1. The Morgan fingerprint density at radius 3 is 2.33 bits per heavy atom. The molecule has 4 aliphatic carbocycles. The van der Waals surface area contributed by atoms with Gasteiger partial charge in [0.1, 0.15) is 0 Å². The van der Waals surface area contributed by atoms with E-state index in [1.54, 1.807) is 0 Å². The van der Waals surface area contributed by atoms with Crippen LogP contribution in [-0.4, -0.2) is 29.2 Å². The zero-order valence-corrected chi connectivity index (χ0v) is 15.6. The lowest BCUT2D eigenvalue weighted by Crippen LogP contribution is -2.40. The minimum Gasteiger partial charge on any atom is -0.326 e. The number of allylic oxidation sites excluding steroid dienone is 2. The molecule has 1 aromatic carbocycles. The number of amides is 3. The second-order valence-corrected chi connectivity index (χ2v) is 8.53. The van der Waals surface area contributed by atoms with E-state index in [2.05, 4.69) is 17.5 Å². The van der Waals surface area contributed by atoms with Crippen molar-refractivity contribution in [3.8, 4) is 0 Å². The van der Waals surface area contributed by atoms with E-state index in [1.807, 2.05) is 32.0 Å². The van der Waals surface area contributed by atoms with Gasteiger partial charge in [-0.3, -0.25) is 19.3 Å². The van der Waals surface area contributed by atoms with Crippen molar-refractivity contribution in [3.05, 3.63) is 41.5 Å². The molecule has 2 saturated carbocycles. The predicted octanol–water partition coefficient (Wildman–Crippen LogP) is 2.69. The monoisotopic (exact) mass is 364 g/mol. The van der Waals surface area contributed by atoms with Gasteiger partial charge in [0.15, 0.2) is 0 Å². The van der Waals surface area contributed by atoms with Crippen molar-refractivity contribution in [2.24, 2.45) is 35.5 Å². The third-order valence-electron chi connectivity index (χ3n) is 7.20. The molecule has 140 valence electrons. The predicted molar refractivity (Wildman–Crippen MR) is 101 cm³/mol. The number of likely N-dealkylation sites (tertiary alicyclic amines) is 1. The lowest BCUT2D eigenvalue weighted by atomic mass is 9.63. The Bertz CT molecular complexity index is 854. The van der Waals surface area contributed by atoms with Crippen LogP contribution in [0.25, 0.3) is 0 Å². The molecular weight excluding hydrogens is 340 g/mol. The first-order valence-corrected chi connectivity index (χ1v) is 9.87. The quantitative estimate of drug-likeness (QED) is 0.660. The number of carbonyl (C=O) groups is 3. The zero-order valence-electron chi connectivity index (χ0n) is 15.6. The van der Waals surface area contributed by atoms with Crippen LogP contribution < -0.4 is 5.32 Å². The highest BCUT2D eigenvalue weighted by molar-refractivity contribution is 6.06. The average molecular weight is 364 g/mol. The van der Waals surface area contributed by atoms with Crippen LogP contribution >= 0.6 is 0 Å². The molecule has 5 nitrogen and oxygen atoms in total. The van der Waals surface area contributed by atoms with Crippen LogP contribution in [0.5, 0.6) is 0 Å². The van der Waals surface area contributed by atoms with Gasteiger partial charge in [-0.25, -0.2) is 0 Å². The van der Waals surface area contributed by atoms with Crippen LogP contribution in [0, 0.1) is 49.4 Å². The van der Waals surface area contributed by atoms with E-state index >= 15 is 0 Å². The van der Waals surface area contributed by atoms with Gasteiger partial charge in [-0.1, -0.05) is 24.3 Å². The Kier molecular flexibility index (Phi) is 3.58. The molecule has 3 amide bonds. The van der Waals surface area contributed by atoms with E-state index < -0.39 is 0 Å². The van der Waals surface area contributed by atoms with Gasteiger partial charge in [0, 0.05) is 18.7 Å². The third-order valence-corrected chi connectivity index (χ3v) is 7.20. The number of carbonyl (C=O) groups excluding carboxylic acids is 3. The van der Waals surface area contributed by atoms with Crippen molar-refractivity contribution in [3.63, 3.8) is 0 Å². The Labute approximate surface area is 158 Å². The van der Waals surface area contributed by atoms with E-state index in [0.717, 1.165) is 23.2 Å². The first-order chi connectivity index (χ1) is 13.0. The zero-order chi connectivity index (χ0) is 18.9. The molecule has 27 heavy (non-hydrogen) atoms. The molecule has 1 heterocycles. The van der Waals surface area contributed by atoms with Crippen molar-refractivity contribution in [1.29, 1.82) is 0 Å². The maximum absolute atomic E-state index is 12.9. The molecule has 2 bridgehead atoms. The lowest BCUT2D eigenvalue weighted by Gasteiger charge is -2.37. The fourth-order valence-corrected chi connectivity index (χ4v) is 5.55. The second kappa shape index (κ2) is 5.78. The van der Waals surface area contributed by atoms with Crippen LogP contribution in [0.15, 0.2) is 30.4 Å². The van der Waals surface area contributed by atoms with Crippen LogP contribution in [-0.2, 0) is 14.4 Å². The summed E-state index contributed by atoms with van der Waals surface area (Å²) in [6.07, 6.45) is 5.64. The molecule has 0 aromatic heterocycles. The van der Waals surface area contributed by atoms with Crippen molar-refractivity contribution < 1.29 is 14.4 Å². The minimum absolute atomic E-state index is 0.0609. The average Bonchev–Trinajstić information content (AvgIpc) is 3.43. The van der Waals surface area contributed by atoms with Crippen molar-refractivity contribution in [2.45, 2.75) is 26.7 Å². The number of rotatable bonds is 4. The third kappa shape index (κ3) is 2.40. The molecule has 1 saturated heterocycles. The maximum Gasteiger partial charge on any atom is 0.233 e. The fraction of sp³-hybridized carbons (Fsp3) is 0.500. The van der Waals surface area contributed by atoms with Crippen molar-refractivity contribution in [1.82, 2.24) is 4.90 Å². The minimum atomic E-state index is -0.182. The molecule has 0 spiro atoms. The van der Waals surface area contributed by atoms with Gasteiger partial charge < -0.3 is 5.32 Å². The molecule has 1 aromatic rings. The summed E-state index contributed by atoms with van der Waals surface area (Å²) in [7, 11) is 0. The molecule has 1 N–H and O–H groups in total. The van der Waals surface area contributed by atoms with Gasteiger partial charge in [0.2, 0.25) is 17.7 Å². The number of aryl methyl sites for hydroxylation is 1. The Balaban J connectivity index is 1.26. The summed E-state index contributed by atoms with van der Waals surface area (Å²) in [4.78, 5) is 39.6. The summed E-state index contributed by atoms with van der Waals surface area (Å²) in [5.74, 6) is 1.02. The standard InChI is InChI=1S/C22H24N2O3/c1-11-4-3-5-17(12(11)2)23-18(25)8-9-24-21(26)19-13-6-7-14(16-10-15(13)16)20(19)22(24)27/h3-7,13-16,19-20H,8-10H2,1-2H3,(H,23,25)/t13-,14+,15-,16-,19+,20+/m1/s1. The molecule has 3 fully saturated rings. The number of hydrogen-bond acceptors (Lipinski definition) is 3. The normalized spacial score (nSPS) is 35.3. The van der Waals surface area contributed by atoms with E-state index in [9.17, 15) is 14.4 Å². The number of anilines is 1. The van der Waals surface area contributed by atoms with Gasteiger partial charge >= 0.3 is 0 Å². The Morgan fingerprint density at radius 2 is 1.70 bits per heavy atom. The topological polar surface area (TPSA) is 66.5 Å². The Hall–Kier alpha value is -2.43. The second-order valence-electron chi connectivity index (χ2n) is 8.53. The summed E-state index contributed by atoms with van der Waals surface area (Å²) >= 11 is 0. The summed E-state index contributed by atoms with van der Waals surface area (Å²) < 4.78 is 0. The molecular formula is C22H24N2O3. The summed E-state index contributed by atoms with van der Waals surface area (Å²) in [6.45, 7) is 4.15. The van der Waals surface area contributed by atoms with Crippen LogP contribution in [0.3, 0.4) is 0 Å². The van der Waals surface area contributed by atoms with Crippen molar-refractivity contribution in [2.75, 3.05) is 11.9 Å². The van der Waals surface area contributed by atoms with Gasteiger partial charge in [0.25, 0.3) is 0 Å². The Morgan fingerprint density at radius 1 is 1.07 bits per heavy atom. The first-order valence-electron chi connectivity index (χ1n) is 9.87. The molecule has 6 atom stereocenters. The highest BCUT2D eigenvalue weighted by atomic mass is 16.2. The number of nitrogens with zero attached hydrogens (tertiary/aromatic N) is 1. The summed E-state index contributed by atoms with van der Waals surface area (Å²) in [5.41, 5.74) is 2.94. The van der Waals surface area contributed by atoms with Crippen LogP contribution in [0.4, 0.5) is 5.69 Å². The summed E-state index contributed by atoms with van der Waals surface area (Å²) in [5, 5.41) is 2.91. The van der Waals surface area contributed by atoms with E-state index in [1.165, 1.54) is 4.90 Å². The van der Waals surface area contributed by atoms with Gasteiger partial charge in [-0.05, 0) is 61.1 Å².